The molecule has 0 aromatic heterocycles. The number of nitrogens with two attached hydrogens (primary N) is 1. The summed E-state index contributed by atoms with van der Waals surface area (Å²) in [4.78, 5) is 0.877. The molecule has 3 rings (SSSR count). The molecule has 5 N–H and O–H groups in total. The van der Waals surface area contributed by atoms with Crippen LogP contribution in [0.3, 0.4) is 0 Å². The number of hydrogen-bond acceptors (Lipinski definition) is 7. The van der Waals surface area contributed by atoms with E-state index in [1.165, 1.54) is 18.0 Å². The highest BCUT2D eigenvalue weighted by atomic mass is 79.9. The van der Waals surface area contributed by atoms with Crippen molar-refractivity contribution < 1.29 is 32.9 Å². The van der Waals surface area contributed by atoms with Crippen LogP contribution in [-0.2, 0) is 9.47 Å². The normalized spacial score (nSPS) is 24.3. The van der Waals surface area contributed by atoms with E-state index in [-0.39, 0.29) is 17.8 Å². The van der Waals surface area contributed by atoms with Crippen molar-refractivity contribution in [3.63, 3.8) is 0 Å². The first-order chi connectivity index (χ1) is 14.8. The Balaban J connectivity index is 1.69. The van der Waals surface area contributed by atoms with Gasteiger partial charge in [0.25, 0.3) is 0 Å². The smallest absolute Gasteiger partial charge is 0.194 e. The van der Waals surface area contributed by atoms with Gasteiger partial charge in [-0.05, 0) is 36.4 Å². The molecule has 0 amide bonds. The van der Waals surface area contributed by atoms with Crippen LogP contribution >= 0.6 is 27.7 Å². The van der Waals surface area contributed by atoms with Gasteiger partial charge in [0, 0.05) is 27.7 Å². The first-order valence-corrected chi connectivity index (χ1v) is 10.8. The zero-order valence-electron chi connectivity index (χ0n) is 16.0. The van der Waals surface area contributed by atoms with Gasteiger partial charge in [0.05, 0.1) is 12.3 Å². The maximum absolute atomic E-state index is 13.4. The molecular weight excluding hydrogens is 501 g/mol. The van der Waals surface area contributed by atoms with Gasteiger partial charge in [0.2, 0.25) is 0 Å². The highest BCUT2D eigenvalue weighted by molar-refractivity contribution is 9.10. The number of ether oxygens (including phenoxy) is 2. The van der Waals surface area contributed by atoms with E-state index in [0.717, 1.165) is 21.5 Å². The Labute approximate surface area is 189 Å². The molecule has 31 heavy (non-hydrogen) atoms. The van der Waals surface area contributed by atoms with Gasteiger partial charge >= 0.3 is 0 Å². The summed E-state index contributed by atoms with van der Waals surface area (Å²) in [5, 5.41) is 22.3. The first-order valence-electron chi connectivity index (χ1n) is 9.14. The van der Waals surface area contributed by atoms with Crippen LogP contribution in [0.1, 0.15) is 5.56 Å². The fourth-order valence-electron chi connectivity index (χ4n) is 2.78. The fourth-order valence-corrected chi connectivity index (χ4v) is 4.11. The molecule has 1 heterocycles. The van der Waals surface area contributed by atoms with Crippen LogP contribution in [0.2, 0.25) is 0 Å². The maximum atomic E-state index is 13.4. The van der Waals surface area contributed by atoms with Gasteiger partial charge in [-0.2, -0.15) is 0 Å². The molecule has 11 heteroatoms. The van der Waals surface area contributed by atoms with E-state index in [4.69, 9.17) is 15.2 Å². The second kappa shape index (κ2) is 10.7. The number of benzene rings is 2. The molecule has 4 unspecified atom stereocenters. The molecule has 1 fully saturated rings. The molecule has 168 valence electrons. The lowest BCUT2D eigenvalue weighted by Crippen LogP contribution is -2.52. The number of hydrogen-bond donors (Lipinski definition) is 4. The van der Waals surface area contributed by atoms with Crippen molar-refractivity contribution in [2.24, 2.45) is 5.73 Å². The van der Waals surface area contributed by atoms with Gasteiger partial charge in [0.1, 0.15) is 17.6 Å². The maximum Gasteiger partial charge on any atom is 0.194 e. The third-order valence-electron chi connectivity index (χ3n) is 4.38. The average Bonchev–Trinajstić information content (AvgIpc) is 2.74. The monoisotopic (exact) mass is 520 g/mol. The van der Waals surface area contributed by atoms with Crippen LogP contribution in [0.15, 0.2) is 52.0 Å². The summed E-state index contributed by atoms with van der Waals surface area (Å²) in [6, 6.07) is 9.04. The highest BCUT2D eigenvalue weighted by Crippen LogP contribution is 2.33. The third-order valence-corrected chi connectivity index (χ3v) is 6.10. The number of nitrogens with one attached hydrogen (secondary N) is 1. The summed E-state index contributed by atoms with van der Waals surface area (Å²) in [5.74, 6) is -4.27. The highest BCUT2D eigenvalue weighted by Gasteiger charge is 2.38. The number of rotatable bonds is 7. The molecule has 2 aromatic carbocycles. The average molecular weight is 521 g/mol. The largest absolute Gasteiger partial charge is 0.397 e. The summed E-state index contributed by atoms with van der Waals surface area (Å²) < 4.78 is 52.2. The van der Waals surface area contributed by atoms with Crippen molar-refractivity contribution in [2.75, 3.05) is 13.2 Å². The molecule has 1 aliphatic rings. The summed E-state index contributed by atoms with van der Waals surface area (Å²) in [5.41, 5.74) is 5.18. The van der Waals surface area contributed by atoms with E-state index >= 15 is 0 Å². The fraction of sp³-hybridized carbons (Fsp3) is 0.300. The summed E-state index contributed by atoms with van der Waals surface area (Å²) in [6.45, 7) is -0.302. The van der Waals surface area contributed by atoms with Crippen molar-refractivity contribution in [1.82, 2.24) is 5.32 Å². The van der Waals surface area contributed by atoms with E-state index in [1.54, 1.807) is 0 Å². The second-order valence-electron chi connectivity index (χ2n) is 6.62. The molecule has 4 atom stereocenters. The standard InChI is InChI=1S/C20H20BrF3N2O4S/c21-11-1-3-12(4-2-11)31-20-16(29-19(28)17(9-27)30-20)8-26-7-15(25)10-5-13(22)18(24)14(23)6-10/h1-7,16-17,19-20,26-28H,8-9,25H2/b15-7-. The Morgan fingerprint density at radius 1 is 1.13 bits per heavy atom. The molecule has 6 nitrogen and oxygen atoms in total. The van der Waals surface area contributed by atoms with Gasteiger partial charge in [-0.15, -0.1) is 0 Å². The van der Waals surface area contributed by atoms with E-state index in [9.17, 15) is 23.4 Å². The molecule has 0 bridgehead atoms. The Bertz CT molecular complexity index is 912. The lowest BCUT2D eigenvalue weighted by atomic mass is 10.1. The number of aliphatic hydroxyl groups is 2. The molecule has 0 radical (unpaired) electrons. The SMILES string of the molecule is N/C(=C\NCC1OC(O)C(CO)OC1Sc1ccc(Br)cc1)c1cc(F)c(F)c(F)c1. The third kappa shape index (κ3) is 6.15. The van der Waals surface area contributed by atoms with E-state index < -0.39 is 48.0 Å². The van der Waals surface area contributed by atoms with E-state index in [1.807, 2.05) is 24.3 Å². The lowest BCUT2D eigenvalue weighted by molar-refractivity contribution is -0.270. The summed E-state index contributed by atoms with van der Waals surface area (Å²) >= 11 is 4.70. The van der Waals surface area contributed by atoms with E-state index in [0.29, 0.717) is 0 Å². The van der Waals surface area contributed by atoms with Gasteiger partial charge < -0.3 is 30.7 Å². The Hall–Kier alpha value is -1.76. The van der Waals surface area contributed by atoms with Gasteiger partial charge in [0.15, 0.2) is 23.7 Å². The summed E-state index contributed by atoms with van der Waals surface area (Å²) in [7, 11) is 0. The molecule has 0 aliphatic carbocycles. The second-order valence-corrected chi connectivity index (χ2v) is 8.71. The number of halogens is 4. The zero-order chi connectivity index (χ0) is 22.5. The minimum absolute atomic E-state index is 0.0274. The predicted octanol–water partition coefficient (Wildman–Crippen LogP) is 2.93. The predicted molar refractivity (Wildman–Crippen MR) is 113 cm³/mol. The molecule has 1 aliphatic heterocycles. The van der Waals surface area contributed by atoms with Crippen molar-refractivity contribution in [3.8, 4) is 0 Å². The molecule has 0 spiro atoms. The van der Waals surface area contributed by atoms with Crippen molar-refractivity contribution in [1.29, 1.82) is 0 Å². The minimum atomic E-state index is -1.57. The van der Waals surface area contributed by atoms with E-state index in [2.05, 4.69) is 21.2 Å². The molecular formula is C20H20BrF3N2O4S. The van der Waals surface area contributed by atoms with Crippen LogP contribution in [0, 0.1) is 17.5 Å². The van der Waals surface area contributed by atoms with Crippen molar-refractivity contribution in [3.05, 3.63) is 70.1 Å². The summed E-state index contributed by atoms with van der Waals surface area (Å²) in [6.07, 6.45) is -1.60. The van der Waals surface area contributed by atoms with Crippen molar-refractivity contribution >= 4 is 33.4 Å². The Morgan fingerprint density at radius 3 is 2.39 bits per heavy atom. The van der Waals surface area contributed by atoms with Crippen LogP contribution in [0.4, 0.5) is 13.2 Å². The van der Waals surface area contributed by atoms with Crippen LogP contribution in [0.25, 0.3) is 5.70 Å². The van der Waals surface area contributed by atoms with Crippen LogP contribution in [0.5, 0.6) is 0 Å². The Kier molecular flexibility index (Phi) is 8.25. The quantitative estimate of drug-likeness (QED) is 0.417. The molecule has 1 saturated heterocycles. The zero-order valence-corrected chi connectivity index (χ0v) is 18.4. The molecule has 2 aromatic rings. The molecule has 0 saturated carbocycles. The van der Waals surface area contributed by atoms with Crippen LogP contribution in [-0.4, -0.2) is 47.3 Å². The number of aliphatic hydroxyl groups excluding tert-OH is 2. The minimum Gasteiger partial charge on any atom is -0.397 e. The number of thioether (sulfide) groups is 1. The van der Waals surface area contributed by atoms with Crippen LogP contribution < -0.4 is 11.1 Å². The van der Waals surface area contributed by atoms with Gasteiger partial charge in [-0.25, -0.2) is 13.2 Å². The van der Waals surface area contributed by atoms with Crippen molar-refractivity contribution in [2.45, 2.75) is 28.8 Å². The van der Waals surface area contributed by atoms with Gasteiger partial charge in [-0.3, -0.25) is 0 Å². The lowest BCUT2D eigenvalue weighted by Gasteiger charge is -2.38. The topological polar surface area (TPSA) is 97.0 Å². The van der Waals surface area contributed by atoms with Gasteiger partial charge in [-0.1, -0.05) is 27.7 Å². The first kappa shape index (κ1) is 23.9. The Morgan fingerprint density at radius 2 is 1.77 bits per heavy atom.